The number of anilines is 1. The zero-order valence-electron chi connectivity index (χ0n) is 19.0. The number of rotatable bonds is 5. The van der Waals surface area contributed by atoms with Crippen LogP contribution in [0.15, 0.2) is 48.7 Å². The fourth-order valence-corrected chi connectivity index (χ4v) is 4.83. The van der Waals surface area contributed by atoms with E-state index in [4.69, 9.17) is 4.74 Å². The number of fused-ring (bicyclic) bond motifs is 1. The summed E-state index contributed by atoms with van der Waals surface area (Å²) >= 11 is 0. The molecule has 1 saturated carbocycles. The summed E-state index contributed by atoms with van der Waals surface area (Å²) in [6, 6.07) is 11.2. The molecule has 5 nitrogen and oxygen atoms in total. The number of carbonyl (C=O) groups excluding carboxylic acids is 1. The lowest BCUT2D eigenvalue weighted by molar-refractivity contribution is -0.137. The highest BCUT2D eigenvalue weighted by molar-refractivity contribution is 6.03. The van der Waals surface area contributed by atoms with Gasteiger partial charge >= 0.3 is 6.18 Å². The summed E-state index contributed by atoms with van der Waals surface area (Å²) in [5, 5.41) is 7.28. The van der Waals surface area contributed by atoms with E-state index in [0.717, 1.165) is 73.1 Å². The molecule has 1 aliphatic heterocycles. The number of carbonyl (C=O) groups is 1. The average molecular weight is 472 g/mol. The number of alkyl halides is 3. The van der Waals surface area contributed by atoms with Crippen molar-refractivity contribution in [2.24, 2.45) is 5.41 Å². The molecular weight excluding hydrogens is 443 g/mol. The molecule has 0 radical (unpaired) electrons. The van der Waals surface area contributed by atoms with Crippen molar-refractivity contribution in [3.05, 3.63) is 59.8 Å². The van der Waals surface area contributed by atoms with Gasteiger partial charge in [-0.05, 0) is 80.6 Å². The van der Waals surface area contributed by atoms with Gasteiger partial charge in [0.15, 0.2) is 0 Å². The Morgan fingerprint density at radius 2 is 1.79 bits per heavy atom. The number of aromatic amines is 1. The topological polar surface area (TPSA) is 66.2 Å². The summed E-state index contributed by atoms with van der Waals surface area (Å²) in [5.74, 6) is 0.940. The molecule has 1 aromatic heterocycles. The van der Waals surface area contributed by atoms with Crippen molar-refractivity contribution < 1.29 is 22.7 Å². The summed E-state index contributed by atoms with van der Waals surface area (Å²) in [7, 11) is 0. The van der Waals surface area contributed by atoms with Gasteiger partial charge in [-0.1, -0.05) is 19.1 Å². The van der Waals surface area contributed by atoms with E-state index in [1.54, 1.807) is 18.3 Å². The fraction of sp³-hybridized carbons (Fsp3) is 0.423. The Kier molecular flexibility index (Phi) is 5.80. The Balaban J connectivity index is 1.22. The standard InChI is InChI=1S/C26H28F3N3O2/c1-25(8-10-30-11-9-25)24(33)32-23-15-31-22-7-6-19(14-21(22)23)34-20-12-17(13-20)16-2-4-18(5-3-16)26(27,28)29/h2-7,14-15,17,20,30-31H,8-13H2,1H3,(H,32,33). The highest BCUT2D eigenvalue weighted by atomic mass is 19.4. The predicted molar refractivity (Wildman–Crippen MR) is 125 cm³/mol. The zero-order valence-corrected chi connectivity index (χ0v) is 19.0. The number of hydrogen-bond acceptors (Lipinski definition) is 3. The summed E-state index contributed by atoms with van der Waals surface area (Å²) in [5.41, 5.74) is 1.55. The molecule has 2 aromatic carbocycles. The first-order chi connectivity index (χ1) is 16.2. The lowest BCUT2D eigenvalue weighted by Gasteiger charge is -2.36. The van der Waals surface area contributed by atoms with E-state index < -0.39 is 11.7 Å². The van der Waals surface area contributed by atoms with Crippen LogP contribution in [0.25, 0.3) is 10.9 Å². The summed E-state index contributed by atoms with van der Waals surface area (Å²) in [4.78, 5) is 16.1. The van der Waals surface area contributed by atoms with Gasteiger partial charge < -0.3 is 20.4 Å². The van der Waals surface area contributed by atoms with Crippen LogP contribution in [0.4, 0.5) is 18.9 Å². The maximum absolute atomic E-state index is 12.9. The molecule has 0 atom stereocenters. The molecule has 2 fully saturated rings. The van der Waals surface area contributed by atoms with Crippen LogP contribution in [-0.2, 0) is 11.0 Å². The van der Waals surface area contributed by atoms with Gasteiger partial charge in [0.1, 0.15) is 5.75 Å². The van der Waals surface area contributed by atoms with E-state index in [1.807, 2.05) is 25.1 Å². The van der Waals surface area contributed by atoms with Crippen molar-refractivity contribution in [2.45, 2.75) is 50.8 Å². The molecule has 8 heteroatoms. The van der Waals surface area contributed by atoms with Crippen molar-refractivity contribution in [1.82, 2.24) is 10.3 Å². The number of hydrogen-bond donors (Lipinski definition) is 3. The number of aromatic nitrogens is 1. The van der Waals surface area contributed by atoms with Gasteiger partial charge in [0.25, 0.3) is 0 Å². The summed E-state index contributed by atoms with van der Waals surface area (Å²) in [6.45, 7) is 3.69. The minimum atomic E-state index is -4.32. The number of ether oxygens (including phenoxy) is 1. The third-order valence-corrected chi connectivity index (χ3v) is 7.26. The van der Waals surface area contributed by atoms with Crippen LogP contribution in [0.3, 0.4) is 0 Å². The lowest BCUT2D eigenvalue weighted by Crippen LogP contribution is -2.42. The van der Waals surface area contributed by atoms with Crippen LogP contribution in [0.1, 0.15) is 49.7 Å². The maximum atomic E-state index is 12.9. The Morgan fingerprint density at radius 3 is 2.47 bits per heavy atom. The monoisotopic (exact) mass is 471 g/mol. The van der Waals surface area contributed by atoms with Gasteiger partial charge in [-0.2, -0.15) is 13.2 Å². The number of amides is 1. The minimum Gasteiger partial charge on any atom is -0.490 e. The van der Waals surface area contributed by atoms with Crippen molar-refractivity contribution in [2.75, 3.05) is 18.4 Å². The van der Waals surface area contributed by atoms with Crippen LogP contribution in [0.2, 0.25) is 0 Å². The fourth-order valence-electron chi connectivity index (χ4n) is 4.83. The van der Waals surface area contributed by atoms with Crippen LogP contribution in [0, 0.1) is 5.41 Å². The number of halogens is 3. The van der Waals surface area contributed by atoms with Gasteiger partial charge in [0, 0.05) is 22.5 Å². The van der Waals surface area contributed by atoms with Crippen LogP contribution >= 0.6 is 0 Å². The molecule has 1 aliphatic carbocycles. The molecule has 5 rings (SSSR count). The largest absolute Gasteiger partial charge is 0.490 e. The summed E-state index contributed by atoms with van der Waals surface area (Å²) in [6.07, 6.45) is 0.620. The Bertz CT molecular complexity index is 1170. The molecular formula is C26H28F3N3O2. The first-order valence-corrected chi connectivity index (χ1v) is 11.7. The molecule has 0 bridgehead atoms. The van der Waals surface area contributed by atoms with Crippen LogP contribution < -0.4 is 15.4 Å². The molecule has 2 aliphatic rings. The lowest BCUT2D eigenvalue weighted by atomic mass is 9.77. The smallest absolute Gasteiger partial charge is 0.416 e. The van der Waals surface area contributed by atoms with Crippen molar-refractivity contribution in [1.29, 1.82) is 0 Å². The highest BCUT2D eigenvalue weighted by Crippen LogP contribution is 2.41. The van der Waals surface area contributed by atoms with Crippen molar-refractivity contribution in [3.8, 4) is 5.75 Å². The molecule has 0 spiro atoms. The van der Waals surface area contributed by atoms with E-state index in [2.05, 4.69) is 15.6 Å². The van der Waals surface area contributed by atoms with Crippen molar-refractivity contribution >= 4 is 22.5 Å². The molecule has 34 heavy (non-hydrogen) atoms. The SMILES string of the molecule is CC1(C(=O)Nc2c[nH]c3ccc(OC4CC(c5ccc(C(F)(F)F)cc5)C4)cc23)CCNCC1. The van der Waals surface area contributed by atoms with Gasteiger partial charge in [0.2, 0.25) is 5.91 Å². The van der Waals surface area contributed by atoms with Crippen LogP contribution in [-0.4, -0.2) is 30.1 Å². The average Bonchev–Trinajstić information content (AvgIpc) is 3.18. The molecule has 3 N–H and O–H groups in total. The Labute approximate surface area is 196 Å². The quantitative estimate of drug-likeness (QED) is 0.438. The normalized spacial score (nSPS) is 22.2. The first-order valence-electron chi connectivity index (χ1n) is 11.7. The Morgan fingerprint density at radius 1 is 1.09 bits per heavy atom. The van der Waals surface area contributed by atoms with E-state index in [9.17, 15) is 18.0 Å². The van der Waals surface area contributed by atoms with E-state index in [-0.39, 0.29) is 23.3 Å². The van der Waals surface area contributed by atoms with Gasteiger partial charge in [-0.3, -0.25) is 4.79 Å². The van der Waals surface area contributed by atoms with Gasteiger partial charge in [-0.15, -0.1) is 0 Å². The third kappa shape index (κ3) is 4.51. The molecule has 1 saturated heterocycles. The number of piperidine rings is 1. The number of benzene rings is 2. The van der Waals surface area contributed by atoms with Gasteiger partial charge in [-0.25, -0.2) is 0 Å². The molecule has 2 heterocycles. The number of nitrogens with one attached hydrogen (secondary N) is 3. The minimum absolute atomic E-state index is 0.00961. The number of H-pyrrole nitrogens is 1. The first kappa shape index (κ1) is 22.8. The van der Waals surface area contributed by atoms with Gasteiger partial charge in [0.05, 0.1) is 17.4 Å². The Hall–Kier alpha value is -3.00. The second kappa shape index (κ2) is 8.65. The second-order valence-corrected chi connectivity index (χ2v) is 9.70. The van der Waals surface area contributed by atoms with E-state index in [1.165, 1.54) is 0 Å². The molecule has 1 amide bonds. The van der Waals surface area contributed by atoms with Crippen molar-refractivity contribution in [3.63, 3.8) is 0 Å². The van der Waals surface area contributed by atoms with Crippen LogP contribution in [0.5, 0.6) is 5.75 Å². The highest BCUT2D eigenvalue weighted by Gasteiger charge is 2.36. The van der Waals surface area contributed by atoms with E-state index >= 15 is 0 Å². The molecule has 3 aromatic rings. The maximum Gasteiger partial charge on any atom is 0.416 e. The zero-order chi connectivity index (χ0) is 23.9. The third-order valence-electron chi connectivity index (χ3n) is 7.26. The van der Waals surface area contributed by atoms with E-state index in [0.29, 0.717) is 5.75 Å². The molecule has 180 valence electrons. The molecule has 0 unspecified atom stereocenters. The predicted octanol–water partition coefficient (Wildman–Crippen LogP) is 5.84. The summed E-state index contributed by atoms with van der Waals surface area (Å²) < 4.78 is 44.5. The second-order valence-electron chi connectivity index (χ2n) is 9.70.